The smallest absolute Gasteiger partial charge is 0.410 e. The molecule has 0 atom stereocenters. The van der Waals surface area contributed by atoms with Crippen LogP contribution in [0.25, 0.3) is 20.7 Å². The number of rotatable bonds is 6. The summed E-state index contributed by atoms with van der Waals surface area (Å²) in [4.78, 5) is 32.1. The van der Waals surface area contributed by atoms with E-state index in [1.165, 1.54) is 29.0 Å². The van der Waals surface area contributed by atoms with Crippen molar-refractivity contribution in [3.8, 4) is 21.9 Å². The van der Waals surface area contributed by atoms with Gasteiger partial charge in [-0.15, -0.1) is 11.3 Å². The summed E-state index contributed by atoms with van der Waals surface area (Å²) in [7, 11) is 0. The summed E-state index contributed by atoms with van der Waals surface area (Å²) in [6, 6.07) is 15.2. The first-order chi connectivity index (χ1) is 19.1. The Balaban J connectivity index is 1.24. The number of aromatic nitrogens is 1. The molecule has 0 bridgehead atoms. The summed E-state index contributed by atoms with van der Waals surface area (Å²) >= 11 is 1.48. The number of thiophene rings is 1. The van der Waals surface area contributed by atoms with Crippen molar-refractivity contribution in [2.75, 3.05) is 26.2 Å². The maximum atomic E-state index is 14.4. The third-order valence-electron chi connectivity index (χ3n) is 6.39. The van der Waals surface area contributed by atoms with E-state index in [-0.39, 0.29) is 17.5 Å². The fraction of sp³-hybridized carbons (Fsp3) is 0.310. The standard InChI is InChI=1S/C29H29FN4O5S/c1-29(2,3)39-28(35)33-14-12-32(13-15-33)18-19-4-6-20(7-5-19)26-17-23-27(40-26)25(10-11-31-23)38-24-9-8-21(34(36)37)16-22(24)30/h4-11,16-17H,12-15,18H2,1-3H3. The molecule has 0 N–H and O–H groups in total. The minimum Gasteiger partial charge on any atom is -0.453 e. The number of hydrogen-bond donors (Lipinski definition) is 0. The molecule has 1 amide bonds. The van der Waals surface area contributed by atoms with Gasteiger partial charge in [0, 0.05) is 55.9 Å². The molecule has 0 aliphatic carbocycles. The van der Waals surface area contributed by atoms with Gasteiger partial charge in [0.25, 0.3) is 5.69 Å². The zero-order valence-electron chi connectivity index (χ0n) is 22.4. The highest BCUT2D eigenvalue weighted by atomic mass is 32.1. The van der Waals surface area contributed by atoms with E-state index in [0.717, 1.165) is 40.8 Å². The topological polar surface area (TPSA) is 98.0 Å². The second-order valence-corrected chi connectivity index (χ2v) is 11.6. The first kappa shape index (κ1) is 27.5. The molecule has 4 aromatic rings. The second kappa shape index (κ2) is 11.2. The van der Waals surface area contributed by atoms with Crippen molar-refractivity contribution in [2.45, 2.75) is 32.9 Å². The van der Waals surface area contributed by atoms with Crippen LogP contribution in [-0.2, 0) is 11.3 Å². The molecule has 1 aliphatic heterocycles. The number of halogens is 1. The Morgan fingerprint density at radius 2 is 1.77 bits per heavy atom. The molecule has 1 fully saturated rings. The summed E-state index contributed by atoms with van der Waals surface area (Å²) in [5, 5.41) is 10.9. The van der Waals surface area contributed by atoms with E-state index in [9.17, 15) is 19.3 Å². The van der Waals surface area contributed by atoms with Crippen LogP contribution >= 0.6 is 11.3 Å². The number of nitrogens with zero attached hydrogens (tertiary/aromatic N) is 4. The number of nitro groups is 1. The average Bonchev–Trinajstić information content (AvgIpc) is 3.35. The summed E-state index contributed by atoms with van der Waals surface area (Å²) in [6.45, 7) is 9.23. The molecule has 2 aromatic heterocycles. The van der Waals surface area contributed by atoms with Crippen molar-refractivity contribution in [2.24, 2.45) is 0 Å². The normalized spacial score (nSPS) is 14.3. The lowest BCUT2D eigenvalue weighted by atomic mass is 10.1. The van der Waals surface area contributed by atoms with Crippen LogP contribution in [0.1, 0.15) is 26.3 Å². The van der Waals surface area contributed by atoms with E-state index in [4.69, 9.17) is 9.47 Å². The number of ether oxygens (including phenoxy) is 2. The van der Waals surface area contributed by atoms with Gasteiger partial charge in [0.1, 0.15) is 11.4 Å². The molecule has 11 heteroatoms. The molecule has 0 radical (unpaired) electrons. The van der Waals surface area contributed by atoms with E-state index in [0.29, 0.717) is 24.4 Å². The van der Waals surface area contributed by atoms with Gasteiger partial charge in [-0.05, 0) is 44.0 Å². The highest BCUT2D eigenvalue weighted by molar-refractivity contribution is 7.22. The predicted molar refractivity (Wildman–Crippen MR) is 151 cm³/mol. The molecule has 2 aromatic carbocycles. The van der Waals surface area contributed by atoms with Crippen LogP contribution in [0.4, 0.5) is 14.9 Å². The van der Waals surface area contributed by atoms with Gasteiger partial charge < -0.3 is 14.4 Å². The number of piperazine rings is 1. The fourth-order valence-electron chi connectivity index (χ4n) is 4.39. The maximum absolute atomic E-state index is 14.4. The molecule has 0 spiro atoms. The van der Waals surface area contributed by atoms with Gasteiger partial charge in [-0.3, -0.25) is 20.0 Å². The van der Waals surface area contributed by atoms with Gasteiger partial charge in [0.15, 0.2) is 11.6 Å². The molecular weight excluding hydrogens is 535 g/mol. The van der Waals surface area contributed by atoms with Gasteiger partial charge in [0.2, 0.25) is 0 Å². The third-order valence-corrected chi connectivity index (χ3v) is 7.58. The third kappa shape index (κ3) is 6.37. The monoisotopic (exact) mass is 564 g/mol. The summed E-state index contributed by atoms with van der Waals surface area (Å²) < 4.78 is 26.4. The molecule has 0 unspecified atom stereocenters. The van der Waals surface area contributed by atoms with E-state index in [1.54, 1.807) is 17.2 Å². The second-order valence-electron chi connectivity index (χ2n) is 10.5. The van der Waals surface area contributed by atoms with Crippen LogP contribution in [0.2, 0.25) is 0 Å². The number of amides is 1. The predicted octanol–water partition coefficient (Wildman–Crippen LogP) is 6.86. The van der Waals surface area contributed by atoms with E-state index in [2.05, 4.69) is 34.1 Å². The SMILES string of the molecule is CC(C)(C)OC(=O)N1CCN(Cc2ccc(-c3cc4nccc(Oc5ccc([N+](=O)[O-])cc5F)c4s3)cc2)CC1. The van der Waals surface area contributed by atoms with Gasteiger partial charge >= 0.3 is 6.09 Å². The number of nitro benzene ring substituents is 1. The molecule has 3 heterocycles. The largest absolute Gasteiger partial charge is 0.453 e. The number of pyridine rings is 1. The number of benzene rings is 2. The molecule has 0 saturated carbocycles. The van der Waals surface area contributed by atoms with Gasteiger partial charge in [0.05, 0.1) is 21.2 Å². The summed E-state index contributed by atoms with van der Waals surface area (Å²) in [5.41, 5.74) is 2.07. The quantitative estimate of drug-likeness (QED) is 0.186. The summed E-state index contributed by atoms with van der Waals surface area (Å²) in [5.74, 6) is -0.474. The Morgan fingerprint density at radius 1 is 1.05 bits per heavy atom. The van der Waals surface area contributed by atoms with Crippen LogP contribution in [0, 0.1) is 15.9 Å². The van der Waals surface area contributed by atoms with Crippen LogP contribution in [-0.4, -0.2) is 57.6 Å². The fourth-order valence-corrected chi connectivity index (χ4v) is 5.46. The Kier molecular flexibility index (Phi) is 7.68. The van der Waals surface area contributed by atoms with Crippen LogP contribution in [0.15, 0.2) is 60.8 Å². The first-order valence-electron chi connectivity index (χ1n) is 12.9. The molecule has 40 heavy (non-hydrogen) atoms. The van der Waals surface area contributed by atoms with E-state index >= 15 is 0 Å². The van der Waals surface area contributed by atoms with Crippen LogP contribution in [0.5, 0.6) is 11.5 Å². The molecule has 9 nitrogen and oxygen atoms in total. The zero-order valence-corrected chi connectivity index (χ0v) is 23.2. The number of fused-ring (bicyclic) bond motifs is 1. The summed E-state index contributed by atoms with van der Waals surface area (Å²) in [6.07, 6.45) is 1.32. The molecule has 1 saturated heterocycles. The Morgan fingerprint density at radius 3 is 2.42 bits per heavy atom. The Labute approximate surface area is 234 Å². The van der Waals surface area contributed by atoms with Crippen LogP contribution < -0.4 is 4.74 Å². The Hall–Kier alpha value is -4.09. The van der Waals surface area contributed by atoms with Gasteiger partial charge in [-0.2, -0.15) is 0 Å². The molecule has 208 valence electrons. The van der Waals surface area contributed by atoms with Crippen LogP contribution in [0.3, 0.4) is 0 Å². The van der Waals surface area contributed by atoms with Crippen molar-refractivity contribution < 1.29 is 23.6 Å². The van der Waals surface area contributed by atoms with Gasteiger partial charge in [-0.25, -0.2) is 9.18 Å². The first-order valence-corrected chi connectivity index (χ1v) is 13.7. The van der Waals surface area contributed by atoms with Crippen molar-refractivity contribution in [1.82, 2.24) is 14.8 Å². The van der Waals surface area contributed by atoms with Crippen molar-refractivity contribution in [3.05, 3.63) is 82.3 Å². The lowest BCUT2D eigenvalue weighted by molar-refractivity contribution is -0.385. The van der Waals surface area contributed by atoms with Crippen molar-refractivity contribution in [3.63, 3.8) is 0 Å². The molecular formula is C29H29FN4O5S. The zero-order chi connectivity index (χ0) is 28.4. The lowest BCUT2D eigenvalue weighted by Crippen LogP contribution is -2.49. The number of hydrogen-bond acceptors (Lipinski definition) is 8. The maximum Gasteiger partial charge on any atom is 0.410 e. The van der Waals surface area contributed by atoms with E-state index < -0.39 is 16.3 Å². The molecule has 1 aliphatic rings. The highest BCUT2D eigenvalue weighted by Gasteiger charge is 2.26. The van der Waals surface area contributed by atoms with Gasteiger partial charge in [-0.1, -0.05) is 24.3 Å². The van der Waals surface area contributed by atoms with E-state index in [1.807, 2.05) is 26.8 Å². The number of carbonyl (C=O) groups excluding carboxylic acids is 1. The average molecular weight is 565 g/mol. The number of carbonyl (C=O) groups is 1. The highest BCUT2D eigenvalue weighted by Crippen LogP contribution is 2.40. The lowest BCUT2D eigenvalue weighted by Gasteiger charge is -2.35. The minimum absolute atomic E-state index is 0.0932. The van der Waals surface area contributed by atoms with Crippen molar-refractivity contribution >= 4 is 33.3 Å². The Bertz CT molecular complexity index is 1540. The van der Waals surface area contributed by atoms with Crippen molar-refractivity contribution in [1.29, 1.82) is 0 Å². The molecule has 5 rings (SSSR count). The number of non-ortho nitro benzene ring substituents is 1. The minimum atomic E-state index is -0.808.